The van der Waals surface area contributed by atoms with Crippen LogP contribution in [0, 0.1) is 11.6 Å². The van der Waals surface area contributed by atoms with Crippen molar-refractivity contribution in [3.05, 3.63) is 35.4 Å². The Bertz CT molecular complexity index is 684. The molecule has 0 aromatic heterocycles. The number of ether oxygens (including phenoxy) is 1. The molecule has 28 heavy (non-hydrogen) atoms. The van der Waals surface area contributed by atoms with Crippen LogP contribution in [0.4, 0.5) is 22.0 Å². The molecule has 2 rings (SSSR count). The molecule has 11 heteroatoms. The van der Waals surface area contributed by atoms with E-state index in [0.29, 0.717) is 38.1 Å². The lowest BCUT2D eigenvalue weighted by molar-refractivity contribution is -0.192. The third kappa shape index (κ3) is 6.71. The van der Waals surface area contributed by atoms with Crippen molar-refractivity contribution in [3.63, 3.8) is 0 Å². The minimum Gasteiger partial charge on any atom is -0.475 e. The highest BCUT2D eigenvalue weighted by Crippen LogP contribution is 2.29. The summed E-state index contributed by atoms with van der Waals surface area (Å²) in [5, 5.41) is 7.12. The van der Waals surface area contributed by atoms with E-state index in [1.54, 1.807) is 18.1 Å². The predicted octanol–water partition coefficient (Wildman–Crippen LogP) is 2.28. The first kappa shape index (κ1) is 23.8. The topological polar surface area (TPSA) is 92.9 Å². The average Bonchev–Trinajstić information content (AvgIpc) is 2.75. The molecule has 0 spiro atoms. The van der Waals surface area contributed by atoms with E-state index >= 15 is 0 Å². The highest BCUT2D eigenvalue weighted by Gasteiger charge is 2.38. The van der Waals surface area contributed by atoms with Crippen LogP contribution in [0.3, 0.4) is 0 Å². The standard InChI is InChI=1S/C15H20F2N2O2.C2HF3O2/c1-21-8-7-19-9-10(5-6-13(18)15(19)20)11-3-2-4-12(16)14(11)17;3-2(4,5)1(6)7/h2-4,10,13H,5-9,18H2,1H3;(H,6,7). The summed E-state index contributed by atoms with van der Waals surface area (Å²) >= 11 is 0. The number of nitrogens with two attached hydrogens (primary N) is 1. The number of methoxy groups -OCH3 is 1. The average molecular weight is 412 g/mol. The van der Waals surface area contributed by atoms with Crippen molar-refractivity contribution < 1.29 is 41.4 Å². The van der Waals surface area contributed by atoms with Gasteiger partial charge in [0.15, 0.2) is 11.6 Å². The van der Waals surface area contributed by atoms with Gasteiger partial charge in [0.1, 0.15) is 0 Å². The molecule has 0 radical (unpaired) electrons. The quantitative estimate of drug-likeness (QED) is 0.741. The number of alkyl halides is 3. The minimum atomic E-state index is -5.08. The number of hydrogen-bond acceptors (Lipinski definition) is 4. The maximum absolute atomic E-state index is 14.0. The van der Waals surface area contributed by atoms with Gasteiger partial charge in [-0.15, -0.1) is 0 Å². The number of carbonyl (C=O) groups is 2. The number of carboxylic acids is 1. The van der Waals surface area contributed by atoms with Crippen molar-refractivity contribution in [2.24, 2.45) is 5.73 Å². The Morgan fingerprint density at radius 3 is 2.46 bits per heavy atom. The molecule has 158 valence electrons. The first-order chi connectivity index (χ1) is 13.0. The maximum Gasteiger partial charge on any atom is 0.490 e. The monoisotopic (exact) mass is 412 g/mol. The molecule has 1 aliphatic rings. The van der Waals surface area contributed by atoms with Gasteiger partial charge < -0.3 is 20.5 Å². The fourth-order valence-electron chi connectivity index (χ4n) is 2.68. The fourth-order valence-corrected chi connectivity index (χ4v) is 2.68. The first-order valence-corrected chi connectivity index (χ1v) is 8.26. The molecule has 1 aliphatic heterocycles. The van der Waals surface area contributed by atoms with Crippen molar-refractivity contribution >= 4 is 11.9 Å². The van der Waals surface area contributed by atoms with E-state index in [2.05, 4.69) is 0 Å². The van der Waals surface area contributed by atoms with E-state index in [9.17, 15) is 26.7 Å². The molecule has 1 fully saturated rings. The molecule has 0 bridgehead atoms. The normalized spacial score (nSPS) is 20.2. The van der Waals surface area contributed by atoms with E-state index in [0.717, 1.165) is 6.07 Å². The molecular weight excluding hydrogens is 391 g/mol. The van der Waals surface area contributed by atoms with Crippen LogP contribution in [-0.4, -0.2) is 60.9 Å². The van der Waals surface area contributed by atoms with E-state index in [1.165, 1.54) is 6.07 Å². The van der Waals surface area contributed by atoms with Gasteiger partial charge in [-0.1, -0.05) is 12.1 Å². The SMILES string of the molecule is COCCN1CC(c2cccc(F)c2F)CCC(N)C1=O.O=C(O)C(F)(F)F. The molecule has 1 amide bonds. The number of hydrogen-bond donors (Lipinski definition) is 2. The van der Waals surface area contributed by atoms with Crippen LogP contribution in [0.25, 0.3) is 0 Å². The number of aliphatic carboxylic acids is 1. The van der Waals surface area contributed by atoms with Crippen molar-refractivity contribution in [2.45, 2.75) is 31.0 Å². The Kier molecular flexibility index (Phi) is 8.76. The summed E-state index contributed by atoms with van der Waals surface area (Å²) in [5.41, 5.74) is 6.15. The summed E-state index contributed by atoms with van der Waals surface area (Å²) in [4.78, 5) is 22.6. The molecule has 0 saturated carbocycles. The molecule has 6 nitrogen and oxygen atoms in total. The Balaban J connectivity index is 0.000000480. The van der Waals surface area contributed by atoms with Gasteiger partial charge in [0, 0.05) is 26.1 Å². The fraction of sp³-hybridized carbons (Fsp3) is 0.529. The number of carboxylic acid groups (broad SMARTS) is 1. The highest BCUT2D eigenvalue weighted by molar-refractivity contribution is 5.82. The Morgan fingerprint density at radius 2 is 1.93 bits per heavy atom. The first-order valence-electron chi connectivity index (χ1n) is 8.26. The van der Waals surface area contributed by atoms with Gasteiger partial charge >= 0.3 is 12.1 Å². The molecule has 1 aromatic carbocycles. The van der Waals surface area contributed by atoms with Crippen LogP contribution in [0.2, 0.25) is 0 Å². The lowest BCUT2D eigenvalue weighted by Gasteiger charge is -2.25. The number of rotatable bonds is 4. The second-order valence-corrected chi connectivity index (χ2v) is 6.10. The zero-order valence-corrected chi connectivity index (χ0v) is 15.0. The van der Waals surface area contributed by atoms with Gasteiger partial charge in [0.2, 0.25) is 5.91 Å². The van der Waals surface area contributed by atoms with Crippen molar-refractivity contribution in [1.29, 1.82) is 0 Å². The van der Waals surface area contributed by atoms with Gasteiger partial charge in [-0.2, -0.15) is 13.2 Å². The van der Waals surface area contributed by atoms with E-state index in [4.69, 9.17) is 20.4 Å². The molecule has 2 unspecified atom stereocenters. The molecule has 2 atom stereocenters. The van der Waals surface area contributed by atoms with E-state index in [-0.39, 0.29) is 11.8 Å². The number of halogens is 5. The summed E-state index contributed by atoms with van der Waals surface area (Å²) in [7, 11) is 1.55. The third-order valence-electron chi connectivity index (χ3n) is 4.12. The molecule has 1 heterocycles. The summed E-state index contributed by atoms with van der Waals surface area (Å²) in [5.74, 6) is -4.87. The van der Waals surface area contributed by atoms with Gasteiger partial charge in [-0.05, 0) is 24.5 Å². The lowest BCUT2D eigenvalue weighted by atomic mass is 9.93. The van der Waals surface area contributed by atoms with Crippen molar-refractivity contribution in [2.75, 3.05) is 26.8 Å². The molecule has 3 N–H and O–H groups in total. The minimum absolute atomic E-state index is 0.161. The summed E-state index contributed by atoms with van der Waals surface area (Å²) in [6, 6.07) is 3.55. The van der Waals surface area contributed by atoms with Gasteiger partial charge in [0.05, 0.1) is 12.6 Å². The summed E-state index contributed by atoms with van der Waals surface area (Å²) < 4.78 is 64.1. The Hall–Kier alpha value is -2.27. The smallest absolute Gasteiger partial charge is 0.475 e. The number of benzene rings is 1. The molecule has 1 saturated heterocycles. The van der Waals surface area contributed by atoms with Crippen LogP contribution in [0.1, 0.15) is 24.3 Å². The highest BCUT2D eigenvalue weighted by atomic mass is 19.4. The number of amides is 1. The van der Waals surface area contributed by atoms with Crippen LogP contribution < -0.4 is 5.73 Å². The van der Waals surface area contributed by atoms with Crippen LogP contribution in [0.5, 0.6) is 0 Å². The van der Waals surface area contributed by atoms with Crippen molar-refractivity contribution in [1.82, 2.24) is 4.90 Å². The molecular formula is C17H21F5N2O4. The zero-order chi connectivity index (χ0) is 21.5. The van der Waals surface area contributed by atoms with E-state index < -0.39 is 29.8 Å². The Morgan fingerprint density at radius 1 is 1.32 bits per heavy atom. The van der Waals surface area contributed by atoms with Gasteiger partial charge in [0.25, 0.3) is 0 Å². The van der Waals surface area contributed by atoms with Crippen LogP contribution in [0.15, 0.2) is 18.2 Å². The molecule has 1 aromatic rings. The second-order valence-electron chi connectivity index (χ2n) is 6.10. The number of nitrogens with zero attached hydrogens (tertiary/aromatic N) is 1. The van der Waals surface area contributed by atoms with Crippen LogP contribution >= 0.6 is 0 Å². The Labute approximate surface area is 158 Å². The summed E-state index contributed by atoms with van der Waals surface area (Å²) in [6.45, 7) is 1.11. The summed E-state index contributed by atoms with van der Waals surface area (Å²) in [6.07, 6.45) is -4.07. The predicted molar refractivity (Wildman–Crippen MR) is 88.5 cm³/mol. The zero-order valence-electron chi connectivity index (χ0n) is 15.0. The van der Waals surface area contributed by atoms with Gasteiger partial charge in [-0.3, -0.25) is 4.79 Å². The second kappa shape index (κ2) is 10.3. The largest absolute Gasteiger partial charge is 0.490 e. The maximum atomic E-state index is 14.0. The number of carbonyl (C=O) groups excluding carboxylic acids is 1. The van der Waals surface area contributed by atoms with Crippen LogP contribution in [-0.2, 0) is 14.3 Å². The lowest BCUT2D eigenvalue weighted by Crippen LogP contribution is -2.44. The third-order valence-corrected chi connectivity index (χ3v) is 4.12. The molecule has 0 aliphatic carbocycles. The van der Waals surface area contributed by atoms with Gasteiger partial charge in [-0.25, -0.2) is 13.6 Å². The van der Waals surface area contributed by atoms with Crippen molar-refractivity contribution in [3.8, 4) is 0 Å². The van der Waals surface area contributed by atoms with E-state index in [1.807, 2.05) is 0 Å². The number of likely N-dealkylation sites (tertiary alicyclic amines) is 1.